The minimum absolute atomic E-state index is 0.123. The molecule has 1 aromatic heterocycles. The summed E-state index contributed by atoms with van der Waals surface area (Å²) >= 11 is 0. The molecule has 4 rings (SSSR count). The first-order valence-corrected chi connectivity index (χ1v) is 11.0. The van der Waals surface area contributed by atoms with Crippen LogP contribution >= 0.6 is 0 Å². The molecular weight excluding hydrogens is 398 g/mol. The molecular formula is C19H21N3O6S. The third-order valence-corrected chi connectivity index (χ3v) is 7.36. The van der Waals surface area contributed by atoms with Crippen LogP contribution in [0.3, 0.4) is 0 Å². The van der Waals surface area contributed by atoms with Crippen molar-refractivity contribution in [2.24, 2.45) is 0 Å². The highest BCUT2D eigenvalue weighted by Gasteiger charge is 2.32. The van der Waals surface area contributed by atoms with Crippen molar-refractivity contribution in [3.05, 3.63) is 57.3 Å². The van der Waals surface area contributed by atoms with Crippen LogP contribution in [-0.2, 0) is 22.9 Å². The molecule has 1 saturated heterocycles. The van der Waals surface area contributed by atoms with Gasteiger partial charge in [-0.2, -0.15) is 4.31 Å². The van der Waals surface area contributed by atoms with Gasteiger partial charge in [0.2, 0.25) is 10.0 Å². The Morgan fingerprint density at radius 2 is 1.69 bits per heavy atom. The van der Waals surface area contributed by atoms with Crippen molar-refractivity contribution in [3.8, 4) is 0 Å². The molecule has 2 aliphatic rings. The van der Waals surface area contributed by atoms with E-state index in [1.54, 1.807) is 12.1 Å². The first-order chi connectivity index (χ1) is 13.9. The fourth-order valence-electron chi connectivity index (χ4n) is 3.85. The number of rotatable bonds is 4. The van der Waals surface area contributed by atoms with Crippen LogP contribution in [0.5, 0.6) is 0 Å². The molecule has 0 N–H and O–H groups in total. The maximum absolute atomic E-state index is 13.0. The van der Waals surface area contributed by atoms with Gasteiger partial charge in [-0.25, -0.2) is 8.42 Å². The Morgan fingerprint density at radius 1 is 1.00 bits per heavy atom. The standard InChI is InChI=1S/C19H21N3O6S/c23-19(17-7-8-18(28-17)22(24)25)20-9-11-21(12-10-20)29(26,27)16-6-5-14-3-1-2-4-15(14)13-16/h5-8,13H,1-4,9-12H2. The molecule has 10 heteroatoms. The van der Waals surface area contributed by atoms with Gasteiger partial charge >= 0.3 is 5.88 Å². The number of fused-ring (bicyclic) bond motifs is 1. The van der Waals surface area contributed by atoms with E-state index in [2.05, 4.69) is 0 Å². The van der Waals surface area contributed by atoms with E-state index in [1.165, 1.54) is 20.8 Å². The van der Waals surface area contributed by atoms with E-state index in [0.29, 0.717) is 4.90 Å². The smallest absolute Gasteiger partial charge is 0.395 e. The Morgan fingerprint density at radius 3 is 2.34 bits per heavy atom. The molecule has 1 aliphatic carbocycles. The predicted octanol–water partition coefficient (Wildman–Crippen LogP) is 2.21. The summed E-state index contributed by atoms with van der Waals surface area (Å²) in [4.78, 5) is 24.2. The van der Waals surface area contributed by atoms with Crippen LogP contribution < -0.4 is 0 Å². The van der Waals surface area contributed by atoms with E-state index < -0.39 is 26.7 Å². The minimum atomic E-state index is -3.63. The van der Waals surface area contributed by atoms with Crippen molar-refractivity contribution in [2.45, 2.75) is 30.6 Å². The molecule has 29 heavy (non-hydrogen) atoms. The van der Waals surface area contributed by atoms with Crippen molar-refractivity contribution in [1.29, 1.82) is 0 Å². The Balaban J connectivity index is 1.44. The quantitative estimate of drug-likeness (QED) is 0.554. The van der Waals surface area contributed by atoms with Gasteiger partial charge in [-0.1, -0.05) is 6.07 Å². The number of carbonyl (C=O) groups is 1. The van der Waals surface area contributed by atoms with Crippen molar-refractivity contribution in [3.63, 3.8) is 0 Å². The van der Waals surface area contributed by atoms with E-state index in [1.807, 2.05) is 6.07 Å². The summed E-state index contributed by atoms with van der Waals surface area (Å²) in [5.74, 6) is -1.10. The van der Waals surface area contributed by atoms with Gasteiger partial charge in [0, 0.05) is 26.2 Å². The molecule has 1 fully saturated rings. The number of nitrogens with zero attached hydrogens (tertiary/aromatic N) is 3. The zero-order valence-corrected chi connectivity index (χ0v) is 16.6. The number of sulfonamides is 1. The van der Waals surface area contributed by atoms with Crippen molar-refractivity contribution >= 4 is 21.8 Å². The maximum Gasteiger partial charge on any atom is 0.433 e. The molecule has 9 nitrogen and oxygen atoms in total. The van der Waals surface area contributed by atoms with Crippen LogP contribution in [0, 0.1) is 10.1 Å². The van der Waals surface area contributed by atoms with Crippen LogP contribution in [0.15, 0.2) is 39.6 Å². The summed E-state index contributed by atoms with van der Waals surface area (Å²) in [6, 6.07) is 7.74. The number of furan rings is 1. The van der Waals surface area contributed by atoms with Crippen LogP contribution in [-0.4, -0.2) is 54.6 Å². The number of nitro groups is 1. The Bertz CT molecular complexity index is 1050. The van der Waals surface area contributed by atoms with Crippen LogP contribution in [0.4, 0.5) is 5.88 Å². The van der Waals surface area contributed by atoms with Gasteiger partial charge in [-0.15, -0.1) is 0 Å². The lowest BCUT2D eigenvalue weighted by Crippen LogP contribution is -2.50. The van der Waals surface area contributed by atoms with Crippen molar-refractivity contribution in [2.75, 3.05) is 26.2 Å². The SMILES string of the molecule is O=C(c1ccc([N+](=O)[O-])o1)N1CCN(S(=O)(=O)c2ccc3c(c2)CCCC3)CC1. The van der Waals surface area contributed by atoms with E-state index in [4.69, 9.17) is 4.42 Å². The number of piperazine rings is 1. The first-order valence-electron chi connectivity index (χ1n) is 9.52. The number of aryl methyl sites for hydroxylation is 2. The summed E-state index contributed by atoms with van der Waals surface area (Å²) in [5.41, 5.74) is 2.32. The Hall–Kier alpha value is -2.72. The summed E-state index contributed by atoms with van der Waals surface area (Å²) in [5, 5.41) is 10.7. The number of carbonyl (C=O) groups excluding carboxylic acids is 1. The van der Waals surface area contributed by atoms with Crippen molar-refractivity contribution in [1.82, 2.24) is 9.21 Å². The number of benzene rings is 1. The van der Waals surface area contributed by atoms with Gasteiger partial charge in [0.1, 0.15) is 4.92 Å². The van der Waals surface area contributed by atoms with E-state index >= 15 is 0 Å². The largest absolute Gasteiger partial charge is 0.433 e. The van der Waals surface area contributed by atoms with Gasteiger partial charge in [-0.05, 0) is 55.0 Å². The van der Waals surface area contributed by atoms with Gasteiger partial charge < -0.3 is 9.32 Å². The Labute approximate surface area is 168 Å². The second-order valence-electron chi connectivity index (χ2n) is 7.23. The average molecular weight is 419 g/mol. The third-order valence-electron chi connectivity index (χ3n) is 5.47. The summed E-state index contributed by atoms with van der Waals surface area (Å²) in [6.45, 7) is 0.705. The minimum Gasteiger partial charge on any atom is -0.395 e. The zero-order chi connectivity index (χ0) is 20.6. The van der Waals surface area contributed by atoms with Crippen molar-refractivity contribution < 1.29 is 22.6 Å². The highest BCUT2D eigenvalue weighted by Crippen LogP contribution is 2.26. The summed E-state index contributed by atoms with van der Waals surface area (Å²) < 4.78 is 32.4. The number of amides is 1. The molecule has 0 atom stereocenters. The fourth-order valence-corrected chi connectivity index (χ4v) is 5.32. The topological polar surface area (TPSA) is 114 Å². The van der Waals surface area contributed by atoms with Gasteiger partial charge in [-0.3, -0.25) is 14.9 Å². The molecule has 0 bridgehead atoms. The lowest BCUT2D eigenvalue weighted by Gasteiger charge is -2.33. The Kier molecular flexibility index (Phi) is 5.13. The normalized spacial score (nSPS) is 17.7. The van der Waals surface area contributed by atoms with Crippen LogP contribution in [0.1, 0.15) is 34.5 Å². The highest BCUT2D eigenvalue weighted by atomic mass is 32.2. The molecule has 0 saturated carbocycles. The third kappa shape index (κ3) is 3.77. The van der Waals surface area contributed by atoms with Gasteiger partial charge in [0.25, 0.3) is 5.91 Å². The van der Waals surface area contributed by atoms with Crippen LogP contribution in [0.25, 0.3) is 0 Å². The molecule has 0 radical (unpaired) electrons. The lowest BCUT2D eigenvalue weighted by atomic mass is 9.92. The van der Waals surface area contributed by atoms with E-state index in [9.17, 15) is 23.3 Å². The molecule has 2 heterocycles. The molecule has 1 amide bonds. The molecule has 154 valence electrons. The number of hydrogen-bond acceptors (Lipinski definition) is 6. The molecule has 0 spiro atoms. The van der Waals surface area contributed by atoms with Crippen LogP contribution in [0.2, 0.25) is 0 Å². The van der Waals surface area contributed by atoms with E-state index in [0.717, 1.165) is 37.3 Å². The molecule has 0 unspecified atom stereocenters. The molecule has 2 aromatic rings. The number of hydrogen-bond donors (Lipinski definition) is 0. The second-order valence-corrected chi connectivity index (χ2v) is 9.17. The summed E-state index contributed by atoms with van der Waals surface area (Å²) in [7, 11) is -3.63. The lowest BCUT2D eigenvalue weighted by molar-refractivity contribution is -0.402. The average Bonchev–Trinajstić information content (AvgIpc) is 3.23. The fraction of sp³-hybridized carbons (Fsp3) is 0.421. The summed E-state index contributed by atoms with van der Waals surface area (Å²) in [6.07, 6.45) is 4.09. The monoisotopic (exact) mass is 419 g/mol. The van der Waals surface area contributed by atoms with E-state index in [-0.39, 0.29) is 31.9 Å². The van der Waals surface area contributed by atoms with Gasteiger partial charge in [0.15, 0.2) is 5.76 Å². The molecule has 1 aromatic carbocycles. The van der Waals surface area contributed by atoms with Gasteiger partial charge in [0.05, 0.1) is 11.0 Å². The zero-order valence-electron chi connectivity index (χ0n) is 15.7. The second kappa shape index (κ2) is 7.60. The predicted molar refractivity (Wildman–Crippen MR) is 103 cm³/mol. The molecule has 1 aliphatic heterocycles. The maximum atomic E-state index is 13.0. The first kappa shape index (κ1) is 19.6. The highest BCUT2D eigenvalue weighted by molar-refractivity contribution is 7.89.